The quantitative estimate of drug-likeness (QED) is 0.745. The van der Waals surface area contributed by atoms with E-state index in [1.807, 2.05) is 0 Å². The molecule has 0 radical (unpaired) electrons. The molecule has 0 aliphatic heterocycles. The standard InChI is InChI=1S/C16H22F2N2O2.ClH/c17-12-6-7-15(13(18)9-12)22-8-2-5-16(21)20-14-4-1-3-11(14)10-19;/h6-7,9,11,14H,1-5,8,10,19H2,(H,20,21);1H. The van der Waals surface area contributed by atoms with Crippen LogP contribution in [0, 0.1) is 17.6 Å². The minimum absolute atomic E-state index is 0. The number of nitrogens with two attached hydrogens (primary N) is 1. The normalized spacial score (nSPS) is 20.0. The van der Waals surface area contributed by atoms with Gasteiger partial charge in [-0.25, -0.2) is 8.78 Å². The summed E-state index contributed by atoms with van der Waals surface area (Å²) >= 11 is 0. The van der Waals surface area contributed by atoms with Crippen molar-refractivity contribution in [1.29, 1.82) is 0 Å². The third-order valence-corrected chi connectivity index (χ3v) is 4.01. The summed E-state index contributed by atoms with van der Waals surface area (Å²) in [5, 5.41) is 3.00. The van der Waals surface area contributed by atoms with Gasteiger partial charge >= 0.3 is 0 Å². The number of ether oxygens (including phenoxy) is 1. The zero-order valence-electron chi connectivity index (χ0n) is 12.9. The van der Waals surface area contributed by atoms with Crippen molar-refractivity contribution in [2.75, 3.05) is 13.2 Å². The average molecular weight is 349 g/mol. The van der Waals surface area contributed by atoms with E-state index < -0.39 is 11.6 Å². The first-order chi connectivity index (χ1) is 10.6. The van der Waals surface area contributed by atoms with E-state index in [9.17, 15) is 13.6 Å². The van der Waals surface area contributed by atoms with Gasteiger partial charge in [0.15, 0.2) is 11.6 Å². The highest BCUT2D eigenvalue weighted by atomic mass is 35.5. The molecule has 1 fully saturated rings. The molecule has 23 heavy (non-hydrogen) atoms. The number of halogens is 3. The van der Waals surface area contributed by atoms with Crippen LogP contribution >= 0.6 is 12.4 Å². The first-order valence-electron chi connectivity index (χ1n) is 7.67. The maximum absolute atomic E-state index is 13.3. The predicted octanol–water partition coefficient (Wildman–Crippen LogP) is 2.79. The Morgan fingerprint density at radius 2 is 2.13 bits per heavy atom. The van der Waals surface area contributed by atoms with Gasteiger partial charge in [-0.2, -0.15) is 0 Å². The summed E-state index contributed by atoms with van der Waals surface area (Å²) in [5.41, 5.74) is 5.68. The second-order valence-corrected chi connectivity index (χ2v) is 5.63. The monoisotopic (exact) mass is 348 g/mol. The summed E-state index contributed by atoms with van der Waals surface area (Å²) in [5.74, 6) is -1.04. The van der Waals surface area contributed by atoms with Crippen LogP contribution in [0.5, 0.6) is 5.75 Å². The number of benzene rings is 1. The van der Waals surface area contributed by atoms with Gasteiger partial charge in [0.2, 0.25) is 5.91 Å². The van der Waals surface area contributed by atoms with Gasteiger partial charge < -0.3 is 15.8 Å². The molecular formula is C16H23ClF2N2O2. The number of carbonyl (C=O) groups excluding carboxylic acids is 1. The number of nitrogens with one attached hydrogen (secondary N) is 1. The van der Waals surface area contributed by atoms with E-state index in [2.05, 4.69) is 5.32 Å². The molecule has 1 aliphatic rings. The second-order valence-electron chi connectivity index (χ2n) is 5.63. The van der Waals surface area contributed by atoms with Crippen LogP contribution in [0.2, 0.25) is 0 Å². The van der Waals surface area contributed by atoms with Crippen LogP contribution in [-0.4, -0.2) is 25.1 Å². The summed E-state index contributed by atoms with van der Waals surface area (Å²) in [6, 6.07) is 3.33. The first-order valence-corrected chi connectivity index (χ1v) is 7.67. The average Bonchev–Trinajstić information content (AvgIpc) is 2.92. The molecule has 0 saturated heterocycles. The Labute approximate surface area is 141 Å². The lowest BCUT2D eigenvalue weighted by Gasteiger charge is -2.19. The van der Waals surface area contributed by atoms with Crippen molar-refractivity contribution in [3.05, 3.63) is 29.8 Å². The molecular weight excluding hydrogens is 326 g/mol. The number of carbonyl (C=O) groups is 1. The van der Waals surface area contributed by atoms with Gasteiger partial charge in [-0.3, -0.25) is 4.79 Å². The Balaban J connectivity index is 0.00000264. The van der Waals surface area contributed by atoms with Crippen molar-refractivity contribution in [3.63, 3.8) is 0 Å². The van der Waals surface area contributed by atoms with Gasteiger partial charge in [0.25, 0.3) is 0 Å². The highest BCUT2D eigenvalue weighted by Gasteiger charge is 2.26. The molecule has 2 unspecified atom stereocenters. The Bertz CT molecular complexity index is 517. The van der Waals surface area contributed by atoms with E-state index in [0.29, 0.717) is 25.3 Å². The molecule has 1 aromatic carbocycles. The van der Waals surface area contributed by atoms with E-state index in [4.69, 9.17) is 10.5 Å². The molecule has 1 saturated carbocycles. The van der Waals surface area contributed by atoms with Crippen molar-refractivity contribution in [2.45, 2.75) is 38.1 Å². The van der Waals surface area contributed by atoms with Crippen LogP contribution in [-0.2, 0) is 4.79 Å². The Morgan fingerprint density at radius 1 is 1.35 bits per heavy atom. The Hall–Kier alpha value is -1.40. The number of hydrogen-bond acceptors (Lipinski definition) is 3. The summed E-state index contributed by atoms with van der Waals surface area (Å²) < 4.78 is 31.3. The number of rotatable bonds is 7. The molecule has 2 rings (SSSR count). The van der Waals surface area contributed by atoms with Crippen molar-refractivity contribution in [1.82, 2.24) is 5.32 Å². The molecule has 1 aromatic rings. The predicted molar refractivity (Wildman–Crippen MR) is 86.7 cm³/mol. The largest absolute Gasteiger partial charge is 0.491 e. The Kier molecular flexibility index (Phi) is 8.26. The minimum atomic E-state index is -0.735. The van der Waals surface area contributed by atoms with Gasteiger partial charge in [0.05, 0.1) is 6.61 Å². The fourth-order valence-corrected chi connectivity index (χ4v) is 2.80. The van der Waals surface area contributed by atoms with Crippen molar-refractivity contribution >= 4 is 18.3 Å². The van der Waals surface area contributed by atoms with Gasteiger partial charge in [-0.1, -0.05) is 6.42 Å². The van der Waals surface area contributed by atoms with Crippen LogP contribution in [0.25, 0.3) is 0 Å². The molecule has 0 bridgehead atoms. The van der Waals surface area contributed by atoms with E-state index >= 15 is 0 Å². The fraction of sp³-hybridized carbons (Fsp3) is 0.562. The van der Waals surface area contributed by atoms with Crippen LogP contribution in [0.15, 0.2) is 18.2 Å². The molecule has 0 aromatic heterocycles. The van der Waals surface area contributed by atoms with E-state index in [1.54, 1.807) is 0 Å². The zero-order chi connectivity index (χ0) is 15.9. The van der Waals surface area contributed by atoms with E-state index in [0.717, 1.165) is 31.4 Å². The topological polar surface area (TPSA) is 64.3 Å². The van der Waals surface area contributed by atoms with E-state index in [1.165, 1.54) is 6.07 Å². The van der Waals surface area contributed by atoms with Gasteiger partial charge in [-0.05, 0) is 43.9 Å². The second kappa shape index (κ2) is 9.67. The Morgan fingerprint density at radius 3 is 2.83 bits per heavy atom. The molecule has 130 valence electrons. The van der Waals surface area contributed by atoms with Crippen molar-refractivity contribution in [2.24, 2.45) is 11.7 Å². The lowest BCUT2D eigenvalue weighted by molar-refractivity contribution is -0.122. The molecule has 3 N–H and O–H groups in total. The maximum atomic E-state index is 13.3. The molecule has 1 aliphatic carbocycles. The lowest BCUT2D eigenvalue weighted by Crippen LogP contribution is -2.39. The highest BCUT2D eigenvalue weighted by Crippen LogP contribution is 2.24. The summed E-state index contributed by atoms with van der Waals surface area (Å²) in [4.78, 5) is 11.9. The summed E-state index contributed by atoms with van der Waals surface area (Å²) in [6.45, 7) is 0.804. The van der Waals surface area contributed by atoms with Gasteiger partial charge in [-0.15, -0.1) is 12.4 Å². The fourth-order valence-electron chi connectivity index (χ4n) is 2.80. The SMILES string of the molecule is Cl.NCC1CCCC1NC(=O)CCCOc1ccc(F)cc1F. The maximum Gasteiger partial charge on any atom is 0.220 e. The highest BCUT2D eigenvalue weighted by molar-refractivity contribution is 5.85. The van der Waals surface area contributed by atoms with E-state index in [-0.39, 0.29) is 36.7 Å². The molecule has 4 nitrogen and oxygen atoms in total. The molecule has 1 amide bonds. The molecule has 0 spiro atoms. The number of hydrogen-bond donors (Lipinski definition) is 2. The summed E-state index contributed by atoms with van der Waals surface area (Å²) in [7, 11) is 0. The van der Waals surface area contributed by atoms with Crippen LogP contribution < -0.4 is 15.8 Å². The summed E-state index contributed by atoms with van der Waals surface area (Å²) in [6.07, 6.45) is 3.93. The van der Waals surface area contributed by atoms with Crippen molar-refractivity contribution in [3.8, 4) is 5.75 Å². The van der Waals surface area contributed by atoms with Crippen LogP contribution in [0.1, 0.15) is 32.1 Å². The van der Waals surface area contributed by atoms with Gasteiger partial charge in [0, 0.05) is 18.5 Å². The molecule has 0 heterocycles. The van der Waals surface area contributed by atoms with Crippen LogP contribution in [0.4, 0.5) is 8.78 Å². The zero-order valence-corrected chi connectivity index (χ0v) is 13.7. The smallest absolute Gasteiger partial charge is 0.220 e. The van der Waals surface area contributed by atoms with Crippen molar-refractivity contribution < 1.29 is 18.3 Å². The third kappa shape index (κ3) is 5.95. The van der Waals surface area contributed by atoms with Crippen LogP contribution in [0.3, 0.4) is 0 Å². The molecule has 2 atom stereocenters. The molecule has 7 heteroatoms. The third-order valence-electron chi connectivity index (χ3n) is 4.01. The first kappa shape index (κ1) is 19.6. The minimum Gasteiger partial charge on any atom is -0.491 e. The lowest BCUT2D eigenvalue weighted by atomic mass is 10.0. The number of amides is 1. The van der Waals surface area contributed by atoms with Gasteiger partial charge in [0.1, 0.15) is 5.82 Å².